The number of nitrogens with zero attached hydrogens (tertiary/aromatic N) is 3. The van der Waals surface area contributed by atoms with Gasteiger partial charge in [0.15, 0.2) is 5.17 Å². The second-order valence-electron chi connectivity index (χ2n) is 6.78. The molecule has 4 nitrogen and oxygen atoms in total. The number of thioether (sulfide) groups is 1. The third-order valence-corrected chi connectivity index (χ3v) is 5.31. The minimum atomic E-state index is 0.0318. The number of anilines is 1. The van der Waals surface area contributed by atoms with Crippen molar-refractivity contribution in [1.29, 1.82) is 0 Å². The number of rotatable bonds is 5. The molecule has 1 amide bonds. The number of amidine groups is 1. The number of benzene rings is 2. The summed E-state index contributed by atoms with van der Waals surface area (Å²) in [4.78, 5) is 22.1. The number of carbonyl (C=O) groups excluding carboxylic acids is 1. The lowest BCUT2D eigenvalue weighted by Gasteiger charge is -2.14. The maximum Gasteiger partial charge on any atom is 0.266 e. The molecule has 27 heavy (non-hydrogen) atoms. The van der Waals surface area contributed by atoms with Gasteiger partial charge in [-0.2, -0.15) is 0 Å². The zero-order chi connectivity index (χ0) is 19.4. The number of aryl methyl sites for hydroxylation is 1. The molecule has 0 radical (unpaired) electrons. The van der Waals surface area contributed by atoms with E-state index in [0.717, 1.165) is 28.5 Å². The first kappa shape index (κ1) is 19.2. The number of amides is 1. The van der Waals surface area contributed by atoms with Crippen molar-refractivity contribution >= 4 is 40.3 Å². The zero-order valence-corrected chi connectivity index (χ0v) is 17.1. The SMILES string of the molecule is CCCN1C(=O)C(=Cc2ccc(N(C)C)cc2)SC1=Nc1ccc(C)cc1. The molecule has 2 aromatic carbocycles. The first-order valence-corrected chi connectivity index (χ1v) is 9.93. The average Bonchev–Trinajstić information content (AvgIpc) is 2.93. The van der Waals surface area contributed by atoms with Crippen molar-refractivity contribution in [3.8, 4) is 0 Å². The molecule has 1 fully saturated rings. The van der Waals surface area contributed by atoms with Crippen LogP contribution in [0.25, 0.3) is 6.08 Å². The number of hydrogen-bond acceptors (Lipinski definition) is 4. The fourth-order valence-electron chi connectivity index (χ4n) is 2.76. The van der Waals surface area contributed by atoms with Crippen molar-refractivity contribution in [2.75, 3.05) is 25.5 Å². The van der Waals surface area contributed by atoms with E-state index in [4.69, 9.17) is 4.99 Å². The van der Waals surface area contributed by atoms with Crippen molar-refractivity contribution in [1.82, 2.24) is 4.90 Å². The predicted molar refractivity (Wildman–Crippen MR) is 117 cm³/mol. The molecular formula is C22H25N3OS. The highest BCUT2D eigenvalue weighted by Gasteiger charge is 2.32. The molecule has 2 aromatic rings. The van der Waals surface area contributed by atoms with Crippen LogP contribution in [0.5, 0.6) is 0 Å². The first-order chi connectivity index (χ1) is 13.0. The highest BCUT2D eigenvalue weighted by Crippen LogP contribution is 2.34. The summed E-state index contributed by atoms with van der Waals surface area (Å²) >= 11 is 1.45. The monoisotopic (exact) mass is 379 g/mol. The Labute approximate surface area is 165 Å². The summed E-state index contributed by atoms with van der Waals surface area (Å²) in [5, 5.41) is 0.752. The molecule has 1 saturated heterocycles. The third-order valence-electron chi connectivity index (χ3n) is 4.30. The summed E-state index contributed by atoms with van der Waals surface area (Å²) in [6.45, 7) is 4.80. The molecule has 0 aromatic heterocycles. The molecular weight excluding hydrogens is 354 g/mol. The zero-order valence-electron chi connectivity index (χ0n) is 16.3. The molecule has 0 atom stereocenters. The van der Waals surface area contributed by atoms with Crippen molar-refractivity contribution in [2.24, 2.45) is 4.99 Å². The van der Waals surface area contributed by atoms with E-state index in [1.54, 1.807) is 4.90 Å². The molecule has 0 saturated carbocycles. The van der Waals surface area contributed by atoms with Crippen LogP contribution >= 0.6 is 11.8 Å². The van der Waals surface area contributed by atoms with E-state index in [-0.39, 0.29) is 5.91 Å². The van der Waals surface area contributed by atoms with Gasteiger partial charge in [-0.05, 0) is 61.0 Å². The van der Waals surface area contributed by atoms with E-state index in [2.05, 4.69) is 30.9 Å². The van der Waals surface area contributed by atoms with Crippen molar-refractivity contribution in [3.05, 3.63) is 64.6 Å². The maximum absolute atomic E-state index is 12.9. The summed E-state index contributed by atoms with van der Waals surface area (Å²) in [6.07, 6.45) is 2.84. The molecule has 0 spiro atoms. The predicted octanol–water partition coefficient (Wildman–Crippen LogP) is 5.08. The Bertz CT molecular complexity index is 867. The van der Waals surface area contributed by atoms with E-state index in [1.807, 2.05) is 56.6 Å². The van der Waals surface area contributed by atoms with Gasteiger partial charge >= 0.3 is 0 Å². The third kappa shape index (κ3) is 4.61. The maximum atomic E-state index is 12.9. The smallest absolute Gasteiger partial charge is 0.266 e. The van der Waals surface area contributed by atoms with Crippen LogP contribution in [0.4, 0.5) is 11.4 Å². The number of hydrogen-bond donors (Lipinski definition) is 0. The summed E-state index contributed by atoms with van der Waals surface area (Å²) in [6, 6.07) is 16.2. The fraction of sp³-hybridized carbons (Fsp3) is 0.273. The standard InChI is InChI=1S/C22H25N3OS/c1-5-14-25-21(26)20(15-17-8-12-19(13-9-17)24(3)4)27-22(25)23-18-10-6-16(2)7-11-18/h6-13,15H,5,14H2,1-4H3. The van der Waals surface area contributed by atoms with Gasteiger partial charge in [0.1, 0.15) is 0 Å². The summed E-state index contributed by atoms with van der Waals surface area (Å²) < 4.78 is 0. The molecule has 0 bridgehead atoms. The summed E-state index contributed by atoms with van der Waals surface area (Å²) in [7, 11) is 4.03. The molecule has 5 heteroatoms. The van der Waals surface area contributed by atoms with Crippen LogP contribution in [0.3, 0.4) is 0 Å². The highest BCUT2D eigenvalue weighted by atomic mass is 32.2. The lowest BCUT2D eigenvalue weighted by Crippen LogP contribution is -2.29. The van der Waals surface area contributed by atoms with Crippen LogP contribution in [-0.2, 0) is 4.79 Å². The van der Waals surface area contributed by atoms with Crippen molar-refractivity contribution in [2.45, 2.75) is 20.3 Å². The molecule has 0 unspecified atom stereocenters. The van der Waals surface area contributed by atoms with E-state index in [9.17, 15) is 4.79 Å². The number of aliphatic imine (C=N–C) groups is 1. The van der Waals surface area contributed by atoms with Gasteiger partial charge in [-0.3, -0.25) is 9.69 Å². The molecule has 1 aliphatic rings. The molecule has 1 aliphatic heterocycles. The normalized spacial score (nSPS) is 17.2. The Morgan fingerprint density at radius 2 is 1.74 bits per heavy atom. The fourth-order valence-corrected chi connectivity index (χ4v) is 3.79. The summed E-state index contributed by atoms with van der Waals surface area (Å²) in [5.41, 5.74) is 4.22. The second-order valence-corrected chi connectivity index (χ2v) is 7.79. The van der Waals surface area contributed by atoms with Gasteiger partial charge in [0.2, 0.25) is 0 Å². The van der Waals surface area contributed by atoms with Crippen molar-refractivity contribution in [3.63, 3.8) is 0 Å². The van der Waals surface area contributed by atoms with Crippen LogP contribution < -0.4 is 4.90 Å². The molecule has 0 N–H and O–H groups in total. The first-order valence-electron chi connectivity index (χ1n) is 9.12. The van der Waals surface area contributed by atoms with E-state index in [1.165, 1.54) is 17.3 Å². The minimum Gasteiger partial charge on any atom is -0.378 e. The van der Waals surface area contributed by atoms with Crippen LogP contribution in [-0.4, -0.2) is 36.6 Å². The van der Waals surface area contributed by atoms with Crippen LogP contribution in [0.2, 0.25) is 0 Å². The Morgan fingerprint density at radius 1 is 1.07 bits per heavy atom. The van der Waals surface area contributed by atoms with Gasteiger partial charge in [0.05, 0.1) is 10.6 Å². The second kappa shape index (κ2) is 8.44. The quantitative estimate of drug-likeness (QED) is 0.680. The van der Waals surface area contributed by atoms with Gasteiger partial charge < -0.3 is 4.90 Å². The Kier molecular flexibility index (Phi) is 6.01. The highest BCUT2D eigenvalue weighted by molar-refractivity contribution is 8.18. The average molecular weight is 380 g/mol. The van der Waals surface area contributed by atoms with Gasteiger partial charge in [-0.25, -0.2) is 4.99 Å². The van der Waals surface area contributed by atoms with Gasteiger partial charge in [0, 0.05) is 26.3 Å². The van der Waals surface area contributed by atoms with Crippen molar-refractivity contribution < 1.29 is 4.79 Å². The van der Waals surface area contributed by atoms with E-state index < -0.39 is 0 Å². The van der Waals surface area contributed by atoms with E-state index >= 15 is 0 Å². The van der Waals surface area contributed by atoms with E-state index in [0.29, 0.717) is 11.4 Å². The number of carbonyl (C=O) groups is 1. The topological polar surface area (TPSA) is 35.9 Å². The van der Waals surface area contributed by atoms with Gasteiger partial charge in [-0.1, -0.05) is 36.8 Å². The van der Waals surface area contributed by atoms with Gasteiger partial charge in [-0.15, -0.1) is 0 Å². The van der Waals surface area contributed by atoms with Crippen LogP contribution in [0.15, 0.2) is 58.4 Å². The lowest BCUT2D eigenvalue weighted by molar-refractivity contribution is -0.122. The molecule has 3 rings (SSSR count). The molecule has 1 heterocycles. The largest absolute Gasteiger partial charge is 0.378 e. The Hall–Kier alpha value is -2.53. The summed E-state index contributed by atoms with van der Waals surface area (Å²) in [5.74, 6) is 0.0318. The van der Waals surface area contributed by atoms with Crippen LogP contribution in [0.1, 0.15) is 24.5 Å². The Balaban J connectivity index is 1.89. The van der Waals surface area contributed by atoms with Gasteiger partial charge in [0.25, 0.3) is 5.91 Å². The minimum absolute atomic E-state index is 0.0318. The molecule has 140 valence electrons. The van der Waals surface area contributed by atoms with Crippen LogP contribution in [0, 0.1) is 6.92 Å². The lowest BCUT2D eigenvalue weighted by atomic mass is 10.2. The Morgan fingerprint density at radius 3 is 2.33 bits per heavy atom. The molecule has 0 aliphatic carbocycles.